The van der Waals surface area contributed by atoms with Gasteiger partial charge in [0, 0.05) is 6.92 Å². The van der Waals surface area contributed by atoms with Gasteiger partial charge in [-0.2, -0.15) is 0 Å². The first-order chi connectivity index (χ1) is 11.2. The largest absolute Gasteiger partial charge is 0.273 e. The van der Waals surface area contributed by atoms with E-state index in [2.05, 4.69) is 54.0 Å². The summed E-state index contributed by atoms with van der Waals surface area (Å²) in [5.74, 6) is -0.199. The van der Waals surface area contributed by atoms with Crippen LogP contribution in [-0.2, 0) is 22.7 Å². The van der Waals surface area contributed by atoms with Gasteiger partial charge in [0.1, 0.15) is 6.61 Å². The van der Waals surface area contributed by atoms with E-state index in [1.165, 1.54) is 23.4 Å². The van der Waals surface area contributed by atoms with E-state index in [-0.39, 0.29) is 5.91 Å². The number of hydrogen-bond acceptors (Lipinski definition) is 2. The fourth-order valence-electron chi connectivity index (χ4n) is 2.73. The molecule has 23 heavy (non-hydrogen) atoms. The smallest absolute Gasteiger partial charge is 0.240 e. The van der Waals surface area contributed by atoms with E-state index in [1.807, 2.05) is 18.2 Å². The zero-order valence-corrected chi connectivity index (χ0v) is 13.1. The van der Waals surface area contributed by atoms with Gasteiger partial charge in [-0.15, -0.1) is 0 Å². The van der Waals surface area contributed by atoms with Crippen molar-refractivity contribution in [1.29, 1.82) is 0 Å². The Hall–Kier alpha value is -2.65. The number of carbonyl (C=O) groups is 1. The average molecular weight is 305 g/mol. The van der Waals surface area contributed by atoms with E-state index in [0.29, 0.717) is 6.61 Å². The maximum absolute atomic E-state index is 11.0. The van der Waals surface area contributed by atoms with Crippen molar-refractivity contribution in [1.82, 2.24) is 5.48 Å². The van der Waals surface area contributed by atoms with Crippen molar-refractivity contribution in [3.63, 3.8) is 0 Å². The summed E-state index contributed by atoms with van der Waals surface area (Å²) in [7, 11) is 0. The molecule has 1 amide bonds. The van der Waals surface area contributed by atoms with Crippen LogP contribution in [0.2, 0.25) is 0 Å². The highest BCUT2D eigenvalue weighted by Gasteiger charge is 2.06. The SMILES string of the molecule is CC(=O)NOCc1cc(Cc2ccccc2)cc2ccccc12. The minimum atomic E-state index is -0.199. The summed E-state index contributed by atoms with van der Waals surface area (Å²) in [6.45, 7) is 1.78. The van der Waals surface area contributed by atoms with Crippen LogP contribution in [0.4, 0.5) is 0 Å². The lowest BCUT2D eigenvalue weighted by Gasteiger charge is -2.11. The molecule has 0 radical (unpaired) electrons. The Balaban J connectivity index is 1.91. The van der Waals surface area contributed by atoms with Crippen LogP contribution in [0.5, 0.6) is 0 Å². The van der Waals surface area contributed by atoms with Gasteiger partial charge in [0.05, 0.1) is 0 Å². The number of benzene rings is 3. The molecule has 0 saturated carbocycles. The van der Waals surface area contributed by atoms with Crippen LogP contribution in [-0.4, -0.2) is 5.91 Å². The van der Waals surface area contributed by atoms with Gasteiger partial charge in [-0.3, -0.25) is 9.63 Å². The third kappa shape index (κ3) is 3.96. The number of carbonyl (C=O) groups excluding carboxylic acids is 1. The first-order valence-electron chi connectivity index (χ1n) is 7.65. The molecule has 0 heterocycles. The van der Waals surface area contributed by atoms with Crippen LogP contribution in [0.25, 0.3) is 10.8 Å². The molecule has 0 unspecified atom stereocenters. The summed E-state index contributed by atoms with van der Waals surface area (Å²) in [6, 6.07) is 23.0. The van der Waals surface area contributed by atoms with Gasteiger partial charge >= 0.3 is 0 Å². The van der Waals surface area contributed by atoms with E-state index in [4.69, 9.17) is 4.84 Å². The summed E-state index contributed by atoms with van der Waals surface area (Å²) < 4.78 is 0. The Morgan fingerprint density at radius 1 is 0.957 bits per heavy atom. The van der Waals surface area contributed by atoms with Gasteiger partial charge in [0.15, 0.2) is 0 Å². The number of nitrogens with one attached hydrogen (secondary N) is 1. The third-order valence-corrected chi connectivity index (χ3v) is 3.70. The Bertz CT molecular complexity index is 812. The minimum Gasteiger partial charge on any atom is -0.273 e. The third-order valence-electron chi connectivity index (χ3n) is 3.70. The van der Waals surface area contributed by atoms with Crippen molar-refractivity contribution < 1.29 is 9.63 Å². The number of amides is 1. The summed E-state index contributed by atoms with van der Waals surface area (Å²) in [4.78, 5) is 16.3. The van der Waals surface area contributed by atoms with Crippen molar-refractivity contribution in [3.05, 3.63) is 83.4 Å². The standard InChI is InChI=1S/C20H19NO2/c1-15(22)21-23-14-19-13-17(11-16-7-3-2-4-8-16)12-18-9-5-6-10-20(18)19/h2-10,12-13H,11,14H2,1H3,(H,21,22). The van der Waals surface area contributed by atoms with E-state index in [0.717, 1.165) is 17.4 Å². The highest BCUT2D eigenvalue weighted by atomic mass is 16.6. The lowest BCUT2D eigenvalue weighted by molar-refractivity contribution is -0.132. The Labute approximate surface area is 135 Å². The number of hydroxylamine groups is 1. The molecular formula is C20H19NO2. The molecule has 0 spiro atoms. The molecule has 0 fully saturated rings. The van der Waals surface area contributed by atoms with Crippen LogP contribution in [0.3, 0.4) is 0 Å². The van der Waals surface area contributed by atoms with Gasteiger partial charge in [0.25, 0.3) is 0 Å². The number of fused-ring (bicyclic) bond motifs is 1. The molecule has 3 aromatic rings. The molecule has 3 nitrogen and oxygen atoms in total. The molecule has 3 rings (SSSR count). The van der Waals surface area contributed by atoms with Crippen molar-refractivity contribution in [2.45, 2.75) is 20.0 Å². The summed E-state index contributed by atoms with van der Waals surface area (Å²) >= 11 is 0. The molecule has 0 aliphatic carbocycles. The van der Waals surface area contributed by atoms with Gasteiger partial charge in [-0.25, -0.2) is 5.48 Å². The van der Waals surface area contributed by atoms with E-state index < -0.39 is 0 Å². The first-order valence-corrected chi connectivity index (χ1v) is 7.65. The second kappa shape index (κ2) is 7.07. The molecule has 0 bridgehead atoms. The van der Waals surface area contributed by atoms with Crippen molar-refractivity contribution in [2.24, 2.45) is 0 Å². The molecule has 0 aliphatic heterocycles. The summed E-state index contributed by atoms with van der Waals surface area (Å²) in [5.41, 5.74) is 5.97. The van der Waals surface area contributed by atoms with Gasteiger partial charge in [-0.05, 0) is 33.9 Å². The molecule has 0 atom stereocenters. The molecule has 0 aromatic heterocycles. The Morgan fingerprint density at radius 3 is 2.48 bits per heavy atom. The van der Waals surface area contributed by atoms with Crippen molar-refractivity contribution in [3.8, 4) is 0 Å². The molecule has 3 heteroatoms. The topological polar surface area (TPSA) is 38.3 Å². The predicted molar refractivity (Wildman–Crippen MR) is 91.8 cm³/mol. The van der Waals surface area contributed by atoms with Crippen molar-refractivity contribution in [2.75, 3.05) is 0 Å². The van der Waals surface area contributed by atoms with Crippen LogP contribution >= 0.6 is 0 Å². The molecule has 3 aromatic carbocycles. The fourth-order valence-corrected chi connectivity index (χ4v) is 2.73. The maximum Gasteiger partial charge on any atom is 0.240 e. The van der Waals surface area contributed by atoms with Gasteiger partial charge < -0.3 is 0 Å². The second-order valence-electron chi connectivity index (χ2n) is 5.59. The molecule has 0 aliphatic rings. The molecule has 116 valence electrons. The fraction of sp³-hybridized carbons (Fsp3) is 0.150. The summed E-state index contributed by atoms with van der Waals surface area (Å²) in [5, 5.41) is 2.33. The van der Waals surface area contributed by atoms with E-state index in [1.54, 1.807) is 0 Å². The molecule has 0 saturated heterocycles. The zero-order valence-electron chi connectivity index (χ0n) is 13.1. The van der Waals surface area contributed by atoms with Crippen LogP contribution < -0.4 is 5.48 Å². The lowest BCUT2D eigenvalue weighted by Crippen LogP contribution is -2.19. The van der Waals surface area contributed by atoms with E-state index >= 15 is 0 Å². The lowest BCUT2D eigenvalue weighted by atomic mass is 9.97. The molecule has 1 N–H and O–H groups in total. The first kappa shape index (κ1) is 15.3. The highest BCUT2D eigenvalue weighted by Crippen LogP contribution is 2.23. The number of hydrogen-bond donors (Lipinski definition) is 1. The van der Waals surface area contributed by atoms with Gasteiger partial charge in [-0.1, -0.05) is 66.7 Å². The quantitative estimate of drug-likeness (QED) is 0.724. The zero-order chi connectivity index (χ0) is 16.1. The average Bonchev–Trinajstić information content (AvgIpc) is 2.55. The van der Waals surface area contributed by atoms with Crippen LogP contribution in [0, 0.1) is 0 Å². The Kier molecular flexibility index (Phi) is 4.69. The minimum absolute atomic E-state index is 0.199. The molecular weight excluding hydrogens is 286 g/mol. The van der Waals surface area contributed by atoms with E-state index in [9.17, 15) is 4.79 Å². The normalized spacial score (nSPS) is 10.7. The Morgan fingerprint density at radius 2 is 1.70 bits per heavy atom. The number of rotatable bonds is 5. The predicted octanol–water partition coefficient (Wildman–Crippen LogP) is 4.00. The van der Waals surface area contributed by atoms with Crippen LogP contribution in [0.15, 0.2) is 66.7 Å². The van der Waals surface area contributed by atoms with Gasteiger partial charge in [0.2, 0.25) is 5.91 Å². The maximum atomic E-state index is 11.0. The monoisotopic (exact) mass is 305 g/mol. The van der Waals surface area contributed by atoms with Crippen molar-refractivity contribution >= 4 is 16.7 Å². The summed E-state index contributed by atoms with van der Waals surface area (Å²) in [6.07, 6.45) is 0.874. The highest BCUT2D eigenvalue weighted by molar-refractivity contribution is 5.86. The van der Waals surface area contributed by atoms with Crippen LogP contribution in [0.1, 0.15) is 23.6 Å². The second-order valence-corrected chi connectivity index (χ2v) is 5.59.